The quantitative estimate of drug-likeness (QED) is 0.763. The lowest BCUT2D eigenvalue weighted by atomic mass is 9.87. The molecule has 2 atom stereocenters. The Morgan fingerprint density at radius 1 is 1.17 bits per heavy atom. The van der Waals surface area contributed by atoms with Crippen LogP contribution in [-0.2, 0) is 14.3 Å². The summed E-state index contributed by atoms with van der Waals surface area (Å²) in [5.41, 5.74) is 1.68. The number of likely N-dealkylation sites (tertiary alicyclic amines) is 1. The van der Waals surface area contributed by atoms with Crippen molar-refractivity contribution in [1.82, 2.24) is 4.90 Å². The lowest BCUT2D eigenvalue weighted by Crippen LogP contribution is -2.58. The molecule has 2 saturated heterocycles. The molecule has 0 N–H and O–H groups in total. The van der Waals surface area contributed by atoms with Gasteiger partial charge in [0.25, 0.3) is 0 Å². The Labute approximate surface area is 176 Å². The zero-order valence-electron chi connectivity index (χ0n) is 16.7. The molecule has 6 heteroatoms. The molecule has 0 radical (unpaired) electrons. The van der Waals surface area contributed by atoms with Crippen molar-refractivity contribution < 1.29 is 14.3 Å². The maximum atomic E-state index is 13.5. The third kappa shape index (κ3) is 3.38. The van der Waals surface area contributed by atoms with Crippen LogP contribution in [0.15, 0.2) is 58.3 Å². The third-order valence-corrected chi connectivity index (χ3v) is 7.37. The Hall–Kier alpha value is -1.86. The van der Waals surface area contributed by atoms with Crippen molar-refractivity contribution in [2.24, 2.45) is 0 Å². The molecule has 5 rings (SSSR count). The fourth-order valence-electron chi connectivity index (χ4n) is 4.92. The summed E-state index contributed by atoms with van der Waals surface area (Å²) in [6.45, 7) is 2.77. The predicted octanol–water partition coefficient (Wildman–Crippen LogP) is 4.09. The molecule has 152 valence electrons. The van der Waals surface area contributed by atoms with Gasteiger partial charge >= 0.3 is 0 Å². The zero-order valence-corrected chi connectivity index (χ0v) is 17.5. The average Bonchev–Trinajstić information content (AvgIpc) is 3.20. The van der Waals surface area contributed by atoms with Gasteiger partial charge in [-0.1, -0.05) is 36.0 Å². The molecule has 0 aliphatic carbocycles. The second-order valence-corrected chi connectivity index (χ2v) is 9.09. The summed E-state index contributed by atoms with van der Waals surface area (Å²) < 4.78 is 11.9. The number of ether oxygens (including phenoxy) is 2. The minimum atomic E-state index is -0.263. The summed E-state index contributed by atoms with van der Waals surface area (Å²) in [4.78, 5) is 19.9. The molecule has 0 saturated carbocycles. The van der Waals surface area contributed by atoms with Gasteiger partial charge in [-0.3, -0.25) is 14.6 Å². The van der Waals surface area contributed by atoms with E-state index in [0.29, 0.717) is 6.54 Å². The lowest BCUT2D eigenvalue weighted by Gasteiger charge is -2.45. The Morgan fingerprint density at radius 2 is 1.86 bits per heavy atom. The number of hydrogen-bond acceptors (Lipinski definition) is 5. The standard InChI is InChI=1S/C23H26N2O3S/c1-27-21-11-13-24(16-23(21)12-6-14-28-23)15-22(26)25-17-7-2-4-9-19(17)29-20-10-5-3-8-18(20)25/h2-5,7-10,21H,6,11-16H2,1H3/t21-,23-/m0/s1. The summed E-state index contributed by atoms with van der Waals surface area (Å²) >= 11 is 1.72. The van der Waals surface area contributed by atoms with E-state index in [9.17, 15) is 4.79 Å². The molecule has 3 aliphatic heterocycles. The van der Waals surface area contributed by atoms with E-state index in [1.807, 2.05) is 41.3 Å². The van der Waals surface area contributed by atoms with E-state index < -0.39 is 0 Å². The number of hydrogen-bond donors (Lipinski definition) is 0. The molecule has 1 spiro atoms. The van der Waals surface area contributed by atoms with Gasteiger partial charge in [0.2, 0.25) is 5.91 Å². The van der Waals surface area contributed by atoms with Gasteiger partial charge in [-0.05, 0) is 43.5 Å². The Bertz CT molecular complexity index is 867. The fourth-order valence-corrected chi connectivity index (χ4v) is 5.98. The molecule has 0 aromatic heterocycles. The van der Waals surface area contributed by atoms with E-state index in [0.717, 1.165) is 60.1 Å². The molecule has 0 unspecified atom stereocenters. The van der Waals surface area contributed by atoms with E-state index in [-0.39, 0.29) is 17.6 Å². The minimum Gasteiger partial charge on any atom is -0.378 e. The van der Waals surface area contributed by atoms with Crippen molar-refractivity contribution >= 4 is 29.0 Å². The van der Waals surface area contributed by atoms with Crippen molar-refractivity contribution in [3.8, 4) is 0 Å². The van der Waals surface area contributed by atoms with Crippen LogP contribution in [0.25, 0.3) is 0 Å². The van der Waals surface area contributed by atoms with Crippen LogP contribution in [0.2, 0.25) is 0 Å². The molecular weight excluding hydrogens is 384 g/mol. The van der Waals surface area contributed by atoms with Crippen LogP contribution in [0, 0.1) is 0 Å². The number of piperidine rings is 1. The predicted molar refractivity (Wildman–Crippen MR) is 114 cm³/mol. The number of carbonyl (C=O) groups excluding carboxylic acids is 1. The van der Waals surface area contributed by atoms with Gasteiger partial charge in [0.05, 0.1) is 24.0 Å². The highest BCUT2D eigenvalue weighted by Gasteiger charge is 2.47. The molecular formula is C23H26N2O3S. The molecule has 29 heavy (non-hydrogen) atoms. The molecule has 3 heterocycles. The van der Waals surface area contributed by atoms with Crippen LogP contribution < -0.4 is 4.90 Å². The first kappa shape index (κ1) is 19.1. The fraction of sp³-hybridized carbons (Fsp3) is 0.435. The smallest absolute Gasteiger partial charge is 0.245 e. The summed E-state index contributed by atoms with van der Waals surface area (Å²) in [5, 5.41) is 0. The highest BCUT2D eigenvalue weighted by atomic mass is 32.2. The first-order valence-electron chi connectivity index (χ1n) is 10.3. The highest BCUT2D eigenvalue weighted by molar-refractivity contribution is 7.99. The molecule has 2 fully saturated rings. The maximum Gasteiger partial charge on any atom is 0.245 e. The Kier molecular flexibility index (Phi) is 5.12. The van der Waals surface area contributed by atoms with Crippen LogP contribution in [0.1, 0.15) is 19.3 Å². The Morgan fingerprint density at radius 3 is 2.48 bits per heavy atom. The van der Waals surface area contributed by atoms with E-state index in [1.54, 1.807) is 18.9 Å². The minimum absolute atomic E-state index is 0.106. The van der Waals surface area contributed by atoms with Crippen molar-refractivity contribution in [2.75, 3.05) is 38.3 Å². The zero-order chi connectivity index (χ0) is 19.8. The Balaban J connectivity index is 1.40. The van der Waals surface area contributed by atoms with Crippen LogP contribution in [0.4, 0.5) is 11.4 Å². The average molecular weight is 411 g/mol. The number of anilines is 2. The SMILES string of the molecule is CO[C@H]1CCN(CC(=O)N2c3ccccc3Sc3ccccc32)C[C@@]12CCCO2. The van der Waals surface area contributed by atoms with Crippen LogP contribution >= 0.6 is 11.8 Å². The van der Waals surface area contributed by atoms with E-state index in [4.69, 9.17) is 9.47 Å². The number of fused-ring (bicyclic) bond motifs is 2. The van der Waals surface area contributed by atoms with Gasteiger partial charge < -0.3 is 9.47 Å². The van der Waals surface area contributed by atoms with Gasteiger partial charge in [0.15, 0.2) is 0 Å². The third-order valence-electron chi connectivity index (χ3n) is 6.24. The lowest BCUT2D eigenvalue weighted by molar-refractivity contribution is -0.147. The molecule has 1 amide bonds. The number of amides is 1. The van der Waals surface area contributed by atoms with E-state index in [1.165, 1.54) is 0 Å². The number of carbonyl (C=O) groups is 1. The second-order valence-electron chi connectivity index (χ2n) is 8.01. The van der Waals surface area contributed by atoms with Crippen molar-refractivity contribution in [3.63, 3.8) is 0 Å². The van der Waals surface area contributed by atoms with Crippen molar-refractivity contribution in [2.45, 2.75) is 40.8 Å². The van der Waals surface area contributed by atoms with Crippen LogP contribution in [0.5, 0.6) is 0 Å². The summed E-state index contributed by atoms with van der Waals surface area (Å²) in [6, 6.07) is 16.3. The number of nitrogens with zero attached hydrogens (tertiary/aromatic N) is 2. The number of rotatable bonds is 3. The van der Waals surface area contributed by atoms with Crippen LogP contribution in [0.3, 0.4) is 0 Å². The molecule has 0 bridgehead atoms. The molecule has 5 nitrogen and oxygen atoms in total. The van der Waals surface area contributed by atoms with Gasteiger partial charge in [0, 0.05) is 36.6 Å². The normalized spacial score (nSPS) is 26.4. The first-order chi connectivity index (χ1) is 14.2. The monoisotopic (exact) mass is 410 g/mol. The van der Waals surface area contributed by atoms with Crippen molar-refractivity contribution in [1.29, 1.82) is 0 Å². The second kappa shape index (κ2) is 7.76. The maximum absolute atomic E-state index is 13.5. The van der Waals surface area contributed by atoms with Gasteiger partial charge in [-0.2, -0.15) is 0 Å². The molecule has 2 aromatic rings. The van der Waals surface area contributed by atoms with Gasteiger partial charge in [-0.25, -0.2) is 0 Å². The summed E-state index contributed by atoms with van der Waals surface area (Å²) in [5.74, 6) is 0.106. The molecule has 2 aromatic carbocycles. The van der Waals surface area contributed by atoms with E-state index in [2.05, 4.69) is 17.0 Å². The number of para-hydroxylation sites is 2. The summed E-state index contributed by atoms with van der Waals surface area (Å²) in [6.07, 6.45) is 3.07. The topological polar surface area (TPSA) is 42.0 Å². The largest absolute Gasteiger partial charge is 0.378 e. The van der Waals surface area contributed by atoms with E-state index >= 15 is 0 Å². The number of methoxy groups -OCH3 is 1. The van der Waals surface area contributed by atoms with Crippen LogP contribution in [-0.4, -0.2) is 55.9 Å². The van der Waals surface area contributed by atoms with Crippen molar-refractivity contribution in [3.05, 3.63) is 48.5 Å². The van der Waals surface area contributed by atoms with Gasteiger partial charge in [0.1, 0.15) is 5.60 Å². The number of benzene rings is 2. The highest BCUT2D eigenvalue weighted by Crippen LogP contribution is 2.48. The summed E-state index contributed by atoms with van der Waals surface area (Å²) in [7, 11) is 1.77. The first-order valence-corrected chi connectivity index (χ1v) is 11.1. The van der Waals surface area contributed by atoms with Gasteiger partial charge in [-0.15, -0.1) is 0 Å². The molecule has 3 aliphatic rings.